The maximum atomic E-state index is 11.1. The van der Waals surface area contributed by atoms with Crippen LogP contribution in [0.2, 0.25) is 5.82 Å². The molecule has 1 aliphatic heterocycles. The first kappa shape index (κ1) is 13.4. The van der Waals surface area contributed by atoms with Crippen LogP contribution in [0.3, 0.4) is 0 Å². The quantitative estimate of drug-likeness (QED) is 0.699. The number of carboxylic acid groups (broad SMARTS) is 1. The van der Waals surface area contributed by atoms with Crippen LogP contribution in [0.1, 0.15) is 29.3 Å². The maximum Gasteiger partial charge on any atom is 0.526 e. The number of hydrogen-bond acceptors (Lipinski definition) is 5. The van der Waals surface area contributed by atoms with E-state index in [-0.39, 0.29) is 35.7 Å². The summed E-state index contributed by atoms with van der Waals surface area (Å²) in [7, 11) is -1.22. The first-order valence-corrected chi connectivity index (χ1v) is 5.82. The highest BCUT2D eigenvalue weighted by Crippen LogP contribution is 2.38. The molecule has 0 fully saturated rings. The van der Waals surface area contributed by atoms with Crippen LogP contribution in [0.4, 0.5) is 0 Å². The highest BCUT2D eigenvalue weighted by molar-refractivity contribution is 6.46. The predicted molar refractivity (Wildman–Crippen MR) is 66.4 cm³/mol. The van der Waals surface area contributed by atoms with Gasteiger partial charge in [-0.2, -0.15) is 0 Å². The minimum Gasteiger partial charge on any atom is -0.535 e. The average molecular weight is 264 g/mol. The van der Waals surface area contributed by atoms with Crippen molar-refractivity contribution in [2.45, 2.75) is 25.6 Å². The fourth-order valence-electron chi connectivity index (χ4n) is 2.26. The van der Waals surface area contributed by atoms with Crippen LogP contribution < -0.4 is 4.65 Å². The zero-order valence-electron chi connectivity index (χ0n) is 10.3. The molecule has 6 nitrogen and oxygen atoms in total. The van der Waals surface area contributed by atoms with E-state index >= 15 is 0 Å². The molecular weight excluding hydrogens is 251 g/mol. The number of benzene rings is 1. The van der Waals surface area contributed by atoms with Crippen LogP contribution in [0.25, 0.3) is 0 Å². The largest absolute Gasteiger partial charge is 0.535 e. The lowest BCUT2D eigenvalue weighted by atomic mass is 9.64. The highest BCUT2D eigenvalue weighted by Gasteiger charge is 2.37. The average Bonchev–Trinajstić information content (AvgIpc) is 2.29. The fraction of sp³-hybridized carbons (Fsp3) is 0.333. The number of phenolic OH excluding ortho intramolecular Hbond substituents is 1. The van der Waals surface area contributed by atoms with Gasteiger partial charge in [0.05, 0.1) is 0 Å². The van der Waals surface area contributed by atoms with Crippen LogP contribution in [0, 0.1) is 0 Å². The lowest BCUT2D eigenvalue weighted by molar-refractivity contribution is -0.117. The zero-order chi connectivity index (χ0) is 14.2. The summed E-state index contributed by atoms with van der Waals surface area (Å²) in [5.74, 6) is -1.90. The minimum absolute atomic E-state index is 0.0533. The van der Waals surface area contributed by atoms with Gasteiger partial charge in [0, 0.05) is 12.2 Å². The Morgan fingerprint density at radius 2 is 2.16 bits per heavy atom. The molecule has 1 heterocycles. The third kappa shape index (κ3) is 2.71. The molecule has 1 aromatic rings. The minimum atomic E-state index is -1.25. The van der Waals surface area contributed by atoms with Crippen molar-refractivity contribution in [1.29, 1.82) is 0 Å². The van der Waals surface area contributed by atoms with Crippen molar-refractivity contribution >= 4 is 18.9 Å². The Morgan fingerprint density at radius 3 is 2.74 bits per heavy atom. The number of fused-ring (bicyclic) bond motifs is 1. The molecule has 1 aliphatic rings. The van der Waals surface area contributed by atoms with E-state index in [0.717, 1.165) is 6.07 Å². The Labute approximate surface area is 109 Å². The van der Waals surface area contributed by atoms with Crippen LogP contribution in [-0.2, 0) is 11.2 Å². The molecule has 19 heavy (non-hydrogen) atoms. The third-order valence-electron chi connectivity index (χ3n) is 3.05. The summed E-state index contributed by atoms with van der Waals surface area (Å²) in [5.41, 5.74) is 0.282. The van der Waals surface area contributed by atoms with Gasteiger partial charge in [0.25, 0.3) is 0 Å². The molecule has 100 valence electrons. The molecule has 0 unspecified atom stereocenters. The third-order valence-corrected chi connectivity index (χ3v) is 3.05. The van der Waals surface area contributed by atoms with Crippen molar-refractivity contribution in [2.75, 3.05) is 0 Å². The van der Waals surface area contributed by atoms with Gasteiger partial charge in [-0.1, -0.05) is 0 Å². The zero-order valence-corrected chi connectivity index (χ0v) is 10.3. The van der Waals surface area contributed by atoms with Gasteiger partial charge < -0.3 is 24.7 Å². The number of carbonyl (C=O) groups excluding carboxylic acids is 1. The summed E-state index contributed by atoms with van der Waals surface area (Å²) >= 11 is 0. The molecule has 0 saturated heterocycles. The van der Waals surface area contributed by atoms with E-state index in [9.17, 15) is 19.7 Å². The summed E-state index contributed by atoms with van der Waals surface area (Å²) in [6, 6.07) is 2.46. The molecule has 0 saturated carbocycles. The second-order valence-electron chi connectivity index (χ2n) is 4.67. The fourth-order valence-corrected chi connectivity index (χ4v) is 2.26. The van der Waals surface area contributed by atoms with E-state index in [2.05, 4.69) is 0 Å². The number of phenols is 1. The highest BCUT2D eigenvalue weighted by atomic mass is 16.5. The number of aromatic hydroxyl groups is 1. The molecule has 2 rings (SSSR count). The number of ketones is 1. The predicted octanol–water partition coefficient (Wildman–Crippen LogP) is 0.855. The van der Waals surface area contributed by atoms with Gasteiger partial charge in [0.2, 0.25) is 0 Å². The van der Waals surface area contributed by atoms with Gasteiger partial charge >= 0.3 is 13.1 Å². The number of carbonyl (C=O) groups is 2. The number of Topliss-reactive ketones (excluding diaryl/α,β-unsaturated/α-hetero) is 1. The Kier molecular flexibility index (Phi) is 3.48. The van der Waals surface area contributed by atoms with Crippen molar-refractivity contribution in [3.05, 3.63) is 23.3 Å². The maximum absolute atomic E-state index is 11.1. The summed E-state index contributed by atoms with van der Waals surface area (Å²) in [6.45, 7) is 1.41. The molecule has 1 aromatic carbocycles. The molecule has 0 aromatic heterocycles. The molecule has 1 atom stereocenters. The van der Waals surface area contributed by atoms with Crippen LogP contribution in [0.15, 0.2) is 12.1 Å². The molecule has 3 N–H and O–H groups in total. The molecule has 0 aliphatic carbocycles. The van der Waals surface area contributed by atoms with E-state index in [0.29, 0.717) is 5.56 Å². The van der Waals surface area contributed by atoms with E-state index in [1.165, 1.54) is 13.0 Å². The number of aromatic carboxylic acids is 1. The first-order chi connectivity index (χ1) is 8.88. The van der Waals surface area contributed by atoms with E-state index in [4.69, 9.17) is 9.76 Å². The molecule has 7 heteroatoms. The van der Waals surface area contributed by atoms with Crippen molar-refractivity contribution in [2.24, 2.45) is 0 Å². The van der Waals surface area contributed by atoms with Crippen molar-refractivity contribution < 1.29 is 29.5 Å². The Bertz CT molecular complexity index is 541. The summed E-state index contributed by atoms with van der Waals surface area (Å²) in [5, 5.41) is 28.3. The summed E-state index contributed by atoms with van der Waals surface area (Å²) in [6.07, 6.45) is 0.420. The molecular formula is C12H13BO6. The van der Waals surface area contributed by atoms with E-state index < -0.39 is 18.9 Å². The van der Waals surface area contributed by atoms with Gasteiger partial charge in [0.1, 0.15) is 22.8 Å². The second kappa shape index (κ2) is 4.93. The normalized spacial score (nSPS) is 17.6. The van der Waals surface area contributed by atoms with Crippen LogP contribution >= 0.6 is 0 Å². The number of hydrogen-bond donors (Lipinski definition) is 3. The topological polar surface area (TPSA) is 104 Å². The monoisotopic (exact) mass is 264 g/mol. The molecule has 0 radical (unpaired) electrons. The van der Waals surface area contributed by atoms with Crippen molar-refractivity contribution in [3.8, 4) is 11.5 Å². The lowest BCUT2D eigenvalue weighted by Crippen LogP contribution is -2.35. The van der Waals surface area contributed by atoms with Crippen LogP contribution in [0.5, 0.6) is 11.5 Å². The second-order valence-corrected chi connectivity index (χ2v) is 4.67. The standard InChI is InChI=1S/C12H13BO6/c1-6(14)2-8-3-7-4-9(15)5-10(12(16)17)11(7)19-13(8)18/h4-5,8,15,18H,2-3H2,1H3,(H,16,17)/t8-/m0/s1. The van der Waals surface area contributed by atoms with Gasteiger partial charge in [-0.15, -0.1) is 0 Å². The van der Waals surface area contributed by atoms with Crippen LogP contribution in [-0.4, -0.2) is 34.1 Å². The van der Waals surface area contributed by atoms with Gasteiger partial charge in [-0.05, 0) is 31.0 Å². The Balaban J connectivity index is 2.40. The first-order valence-electron chi connectivity index (χ1n) is 5.82. The molecule has 0 amide bonds. The SMILES string of the molecule is CC(=O)C[C@H]1Cc2cc(O)cc(C(=O)O)c2OB1O. The molecule has 0 bridgehead atoms. The number of rotatable bonds is 3. The molecule has 0 spiro atoms. The smallest absolute Gasteiger partial charge is 0.526 e. The lowest BCUT2D eigenvalue weighted by Gasteiger charge is -2.27. The summed E-state index contributed by atoms with van der Waals surface area (Å²) in [4.78, 5) is 22.2. The summed E-state index contributed by atoms with van der Waals surface area (Å²) < 4.78 is 5.20. The van der Waals surface area contributed by atoms with E-state index in [1.807, 2.05) is 0 Å². The van der Waals surface area contributed by atoms with Crippen molar-refractivity contribution in [3.63, 3.8) is 0 Å². The Hall–Kier alpha value is -2.02. The number of carboxylic acids is 1. The van der Waals surface area contributed by atoms with Gasteiger partial charge in [0.15, 0.2) is 0 Å². The van der Waals surface area contributed by atoms with Gasteiger partial charge in [-0.3, -0.25) is 0 Å². The Morgan fingerprint density at radius 1 is 1.47 bits per heavy atom. The van der Waals surface area contributed by atoms with Crippen molar-refractivity contribution in [1.82, 2.24) is 0 Å². The van der Waals surface area contributed by atoms with Gasteiger partial charge in [-0.25, -0.2) is 4.79 Å². The van der Waals surface area contributed by atoms with E-state index in [1.54, 1.807) is 0 Å².